The van der Waals surface area contributed by atoms with E-state index >= 15 is 0 Å². The summed E-state index contributed by atoms with van der Waals surface area (Å²) in [5.74, 6) is 6.18. The highest BCUT2D eigenvalue weighted by molar-refractivity contribution is 7.84. The van der Waals surface area contributed by atoms with Crippen LogP contribution < -0.4 is 5.32 Å². The quantitative estimate of drug-likeness (QED) is 0.608. The number of aliphatic hydroxyl groups is 1. The summed E-state index contributed by atoms with van der Waals surface area (Å²) >= 11 is 1.33. The number of aliphatic hydroxyl groups excluding tert-OH is 1. The third-order valence-corrected chi connectivity index (χ3v) is 4.04. The Bertz CT molecular complexity index is 499. The van der Waals surface area contributed by atoms with E-state index in [1.165, 1.54) is 11.3 Å². The molecule has 1 amide bonds. The van der Waals surface area contributed by atoms with Gasteiger partial charge in [-0.15, -0.1) is 11.3 Å². The SMILES string of the molecule is CS(=O)CCCNC(=O)c1ccc(C#CCCO)s1. The van der Waals surface area contributed by atoms with Gasteiger partial charge < -0.3 is 10.4 Å². The lowest BCUT2D eigenvalue weighted by molar-refractivity contribution is 0.0958. The van der Waals surface area contributed by atoms with Crippen LogP contribution in [0, 0.1) is 11.8 Å². The molecule has 104 valence electrons. The summed E-state index contributed by atoms with van der Waals surface area (Å²) in [6.07, 6.45) is 2.80. The van der Waals surface area contributed by atoms with Crippen molar-refractivity contribution in [2.24, 2.45) is 0 Å². The van der Waals surface area contributed by atoms with Gasteiger partial charge in [-0.05, 0) is 18.6 Å². The Morgan fingerprint density at radius 2 is 2.32 bits per heavy atom. The third-order valence-electron chi connectivity index (χ3n) is 2.17. The molecule has 0 fully saturated rings. The standard InChI is InChI=1S/C13H17NO3S2/c1-19(17)10-4-8-14-13(16)12-7-6-11(18-12)5-2-3-9-15/h6-7,15H,3-4,8-10H2,1H3,(H,14,16). The maximum atomic E-state index is 11.8. The molecule has 0 saturated carbocycles. The maximum Gasteiger partial charge on any atom is 0.261 e. The molecule has 1 aromatic rings. The van der Waals surface area contributed by atoms with E-state index in [9.17, 15) is 9.00 Å². The first kappa shape index (κ1) is 15.9. The molecule has 1 aromatic heterocycles. The zero-order valence-corrected chi connectivity index (χ0v) is 12.4. The van der Waals surface area contributed by atoms with Crippen LogP contribution in [0.3, 0.4) is 0 Å². The zero-order valence-electron chi connectivity index (χ0n) is 10.8. The molecule has 0 radical (unpaired) electrons. The van der Waals surface area contributed by atoms with Crippen LogP contribution in [0.15, 0.2) is 12.1 Å². The molecule has 1 atom stereocenters. The second-order valence-electron chi connectivity index (χ2n) is 3.83. The number of rotatable bonds is 6. The minimum absolute atomic E-state index is 0.0461. The van der Waals surface area contributed by atoms with Crippen molar-refractivity contribution in [1.29, 1.82) is 0 Å². The predicted molar refractivity (Wildman–Crippen MR) is 78.8 cm³/mol. The Morgan fingerprint density at radius 3 is 3.00 bits per heavy atom. The van der Waals surface area contributed by atoms with Crippen molar-refractivity contribution >= 4 is 28.0 Å². The molecule has 1 unspecified atom stereocenters. The van der Waals surface area contributed by atoms with Gasteiger partial charge in [-0.3, -0.25) is 9.00 Å². The number of hydrogen-bond donors (Lipinski definition) is 2. The van der Waals surface area contributed by atoms with E-state index in [4.69, 9.17) is 5.11 Å². The first-order valence-electron chi connectivity index (χ1n) is 5.91. The summed E-state index contributed by atoms with van der Waals surface area (Å²) < 4.78 is 10.9. The number of thiophene rings is 1. The minimum Gasteiger partial charge on any atom is -0.395 e. The van der Waals surface area contributed by atoms with E-state index in [0.717, 1.165) is 4.88 Å². The molecule has 1 heterocycles. The molecular formula is C13H17NO3S2. The highest BCUT2D eigenvalue weighted by Gasteiger charge is 2.07. The van der Waals surface area contributed by atoms with Crippen LogP contribution in [-0.4, -0.2) is 40.4 Å². The molecule has 2 N–H and O–H groups in total. The monoisotopic (exact) mass is 299 g/mol. The van der Waals surface area contributed by atoms with Crippen LogP contribution in [0.25, 0.3) is 0 Å². The van der Waals surface area contributed by atoms with E-state index in [1.807, 2.05) is 0 Å². The molecule has 1 rings (SSSR count). The van der Waals surface area contributed by atoms with Gasteiger partial charge in [0.2, 0.25) is 0 Å². The summed E-state index contributed by atoms with van der Waals surface area (Å²) in [5.41, 5.74) is 0. The molecule has 6 heteroatoms. The van der Waals surface area contributed by atoms with Gasteiger partial charge >= 0.3 is 0 Å². The summed E-state index contributed by atoms with van der Waals surface area (Å²) in [4.78, 5) is 13.2. The maximum absolute atomic E-state index is 11.8. The number of amides is 1. The van der Waals surface area contributed by atoms with Crippen LogP contribution in [-0.2, 0) is 10.8 Å². The second-order valence-corrected chi connectivity index (χ2v) is 6.46. The van der Waals surface area contributed by atoms with Gasteiger partial charge in [0.25, 0.3) is 5.91 Å². The van der Waals surface area contributed by atoms with Crippen LogP contribution in [0.1, 0.15) is 27.4 Å². The number of hydrogen-bond acceptors (Lipinski definition) is 4. The van der Waals surface area contributed by atoms with Crippen LogP contribution in [0.2, 0.25) is 0 Å². The van der Waals surface area contributed by atoms with Gasteiger partial charge in [-0.1, -0.05) is 11.8 Å². The molecule has 4 nitrogen and oxygen atoms in total. The van der Waals surface area contributed by atoms with E-state index in [-0.39, 0.29) is 12.5 Å². The van der Waals surface area contributed by atoms with Crippen molar-refractivity contribution in [1.82, 2.24) is 5.32 Å². The number of carbonyl (C=O) groups is 1. The Balaban J connectivity index is 2.41. The van der Waals surface area contributed by atoms with Crippen LogP contribution >= 0.6 is 11.3 Å². The van der Waals surface area contributed by atoms with Crippen molar-refractivity contribution in [2.75, 3.05) is 25.2 Å². The largest absolute Gasteiger partial charge is 0.395 e. The molecule has 0 spiro atoms. The normalized spacial score (nSPS) is 11.5. The second kappa shape index (κ2) is 8.86. The van der Waals surface area contributed by atoms with Crippen molar-refractivity contribution in [2.45, 2.75) is 12.8 Å². The Morgan fingerprint density at radius 1 is 1.53 bits per heavy atom. The average molecular weight is 299 g/mol. The lowest BCUT2D eigenvalue weighted by Crippen LogP contribution is -2.24. The van der Waals surface area contributed by atoms with Crippen molar-refractivity contribution in [3.63, 3.8) is 0 Å². The molecule has 19 heavy (non-hydrogen) atoms. The van der Waals surface area contributed by atoms with Crippen molar-refractivity contribution in [3.8, 4) is 11.8 Å². The first-order valence-corrected chi connectivity index (χ1v) is 8.45. The molecule has 0 saturated heterocycles. The van der Waals surface area contributed by atoms with Gasteiger partial charge in [-0.25, -0.2) is 0 Å². The number of carbonyl (C=O) groups excluding carboxylic acids is 1. The minimum atomic E-state index is -0.813. The van der Waals surface area contributed by atoms with E-state index in [0.29, 0.717) is 30.0 Å². The van der Waals surface area contributed by atoms with Crippen LogP contribution in [0.4, 0.5) is 0 Å². The lowest BCUT2D eigenvalue weighted by atomic mass is 10.3. The lowest BCUT2D eigenvalue weighted by Gasteiger charge is -2.01. The third kappa shape index (κ3) is 6.53. The molecule has 0 aliphatic carbocycles. The van der Waals surface area contributed by atoms with Crippen molar-refractivity contribution in [3.05, 3.63) is 21.9 Å². The van der Waals surface area contributed by atoms with Crippen molar-refractivity contribution < 1.29 is 14.1 Å². The molecule has 0 bridgehead atoms. The summed E-state index contributed by atoms with van der Waals surface area (Å²) in [6.45, 7) is 0.576. The highest BCUT2D eigenvalue weighted by Crippen LogP contribution is 2.15. The van der Waals surface area contributed by atoms with Gasteiger partial charge in [-0.2, -0.15) is 0 Å². The van der Waals surface area contributed by atoms with E-state index < -0.39 is 10.8 Å². The summed E-state index contributed by atoms with van der Waals surface area (Å²) in [7, 11) is -0.813. The molecule has 0 aliphatic heterocycles. The van der Waals surface area contributed by atoms with E-state index in [1.54, 1.807) is 18.4 Å². The topological polar surface area (TPSA) is 66.4 Å². The smallest absolute Gasteiger partial charge is 0.261 e. The van der Waals surface area contributed by atoms with Gasteiger partial charge in [0, 0.05) is 35.8 Å². The first-order chi connectivity index (χ1) is 9.13. The average Bonchev–Trinajstić information content (AvgIpc) is 2.83. The number of nitrogens with one attached hydrogen (secondary N) is 1. The highest BCUT2D eigenvalue weighted by atomic mass is 32.2. The van der Waals surface area contributed by atoms with E-state index in [2.05, 4.69) is 17.2 Å². The fourth-order valence-corrected chi connectivity index (χ4v) is 2.65. The predicted octanol–water partition coefficient (Wildman–Crippen LogP) is 0.980. The zero-order chi connectivity index (χ0) is 14.1. The van der Waals surface area contributed by atoms with Gasteiger partial charge in [0.1, 0.15) is 0 Å². The fraction of sp³-hybridized carbons (Fsp3) is 0.462. The fourth-order valence-electron chi connectivity index (χ4n) is 1.30. The molecular weight excluding hydrogens is 282 g/mol. The molecule has 0 aromatic carbocycles. The Hall–Kier alpha value is -1.16. The Labute approximate surface area is 119 Å². The van der Waals surface area contributed by atoms with Gasteiger partial charge in [0.15, 0.2) is 0 Å². The summed E-state index contributed by atoms with van der Waals surface area (Å²) in [5, 5.41) is 11.4. The van der Waals surface area contributed by atoms with Crippen LogP contribution in [0.5, 0.6) is 0 Å². The molecule has 0 aliphatic rings. The van der Waals surface area contributed by atoms with Gasteiger partial charge in [0.05, 0.1) is 16.4 Å². The Kier molecular flexibility index (Phi) is 7.41. The summed E-state index contributed by atoms with van der Waals surface area (Å²) in [6, 6.07) is 3.53.